The van der Waals surface area contributed by atoms with E-state index < -0.39 is 9.84 Å². The third kappa shape index (κ3) is 5.16. The maximum atomic E-state index is 13.5. The molecular formula is C30H39N3O2S. The van der Waals surface area contributed by atoms with Crippen LogP contribution >= 0.6 is 0 Å². The van der Waals surface area contributed by atoms with Gasteiger partial charge in [-0.2, -0.15) is 5.10 Å². The zero-order valence-corrected chi connectivity index (χ0v) is 22.5. The van der Waals surface area contributed by atoms with E-state index in [-0.39, 0.29) is 11.2 Å². The van der Waals surface area contributed by atoms with Crippen molar-refractivity contribution in [1.29, 1.82) is 0 Å². The van der Waals surface area contributed by atoms with Gasteiger partial charge >= 0.3 is 0 Å². The van der Waals surface area contributed by atoms with Crippen molar-refractivity contribution >= 4 is 9.84 Å². The Morgan fingerprint density at radius 3 is 2.14 bits per heavy atom. The normalized spacial score (nSPS) is 24.1. The number of rotatable bonds is 7. The van der Waals surface area contributed by atoms with Gasteiger partial charge in [0.15, 0.2) is 9.84 Å². The number of sulfone groups is 1. The second-order valence-corrected chi connectivity index (χ2v) is 12.8. The van der Waals surface area contributed by atoms with Crippen LogP contribution in [0.25, 0.3) is 0 Å². The van der Waals surface area contributed by atoms with Crippen LogP contribution in [0.3, 0.4) is 0 Å². The minimum atomic E-state index is -3.37. The Labute approximate surface area is 216 Å². The fourth-order valence-electron chi connectivity index (χ4n) is 6.61. The number of hydrogen-bond donors (Lipinski definition) is 0. The third-order valence-corrected chi connectivity index (χ3v) is 10.5. The van der Waals surface area contributed by atoms with E-state index in [9.17, 15) is 8.42 Å². The smallest absolute Gasteiger partial charge is 0.179 e. The van der Waals surface area contributed by atoms with Crippen LogP contribution in [0.15, 0.2) is 71.6 Å². The average Bonchev–Trinajstić information content (AvgIpc) is 3.31. The van der Waals surface area contributed by atoms with Crippen LogP contribution in [0.1, 0.15) is 68.3 Å². The summed E-state index contributed by atoms with van der Waals surface area (Å²) in [6, 6.07) is 22.2. The first-order valence-corrected chi connectivity index (χ1v) is 15.2. The van der Waals surface area contributed by atoms with E-state index >= 15 is 0 Å². The molecule has 3 aromatic rings. The quantitative estimate of drug-likeness (QED) is 0.411. The summed E-state index contributed by atoms with van der Waals surface area (Å²) in [5.41, 5.74) is 3.36. The highest BCUT2D eigenvalue weighted by Gasteiger charge is 2.42. The summed E-state index contributed by atoms with van der Waals surface area (Å²) in [4.78, 5) is 3.11. The molecule has 0 amide bonds. The lowest BCUT2D eigenvalue weighted by molar-refractivity contribution is 0.101. The van der Waals surface area contributed by atoms with Gasteiger partial charge < -0.3 is 4.90 Å². The molecule has 1 aliphatic carbocycles. The highest BCUT2D eigenvalue weighted by Crippen LogP contribution is 2.43. The van der Waals surface area contributed by atoms with Crippen molar-refractivity contribution in [2.75, 3.05) is 18.8 Å². The first-order chi connectivity index (χ1) is 17.4. The zero-order chi connectivity index (χ0) is 25.2. The molecule has 6 heteroatoms. The summed E-state index contributed by atoms with van der Waals surface area (Å²) < 4.78 is 29.1. The monoisotopic (exact) mass is 505 g/mol. The zero-order valence-electron chi connectivity index (χ0n) is 21.6. The van der Waals surface area contributed by atoms with E-state index in [0.29, 0.717) is 16.9 Å². The Bertz CT molecular complexity index is 1240. The molecule has 1 aromatic heterocycles. The molecule has 1 saturated carbocycles. The van der Waals surface area contributed by atoms with Crippen LogP contribution in [0.2, 0.25) is 0 Å². The molecule has 2 aliphatic rings. The molecule has 1 aliphatic heterocycles. The van der Waals surface area contributed by atoms with Crippen molar-refractivity contribution in [1.82, 2.24) is 14.7 Å². The molecule has 0 radical (unpaired) electrons. The van der Waals surface area contributed by atoms with E-state index in [1.807, 2.05) is 36.4 Å². The lowest BCUT2D eigenvalue weighted by Crippen LogP contribution is -2.47. The lowest BCUT2D eigenvalue weighted by Gasteiger charge is -2.45. The number of aryl methyl sites for hydroxylation is 2. The molecule has 0 N–H and O–H groups in total. The Balaban J connectivity index is 1.28. The van der Waals surface area contributed by atoms with Gasteiger partial charge in [-0.05, 0) is 89.2 Å². The summed E-state index contributed by atoms with van der Waals surface area (Å²) in [5, 5.41) is 4.66. The molecule has 0 bridgehead atoms. The van der Waals surface area contributed by atoms with Crippen LogP contribution in [-0.4, -0.2) is 48.0 Å². The van der Waals surface area contributed by atoms with Gasteiger partial charge in [-0.15, -0.1) is 0 Å². The van der Waals surface area contributed by atoms with Crippen molar-refractivity contribution < 1.29 is 8.42 Å². The summed E-state index contributed by atoms with van der Waals surface area (Å²) in [7, 11) is -3.37. The van der Waals surface area contributed by atoms with Gasteiger partial charge in [0, 0.05) is 29.6 Å². The molecule has 2 fully saturated rings. The molecule has 36 heavy (non-hydrogen) atoms. The highest BCUT2D eigenvalue weighted by atomic mass is 32.2. The average molecular weight is 506 g/mol. The molecule has 5 nitrogen and oxygen atoms in total. The molecule has 192 valence electrons. The maximum absolute atomic E-state index is 13.5. The maximum Gasteiger partial charge on any atom is 0.179 e. The first kappa shape index (κ1) is 25.2. The predicted molar refractivity (Wildman–Crippen MR) is 145 cm³/mol. The van der Waals surface area contributed by atoms with Gasteiger partial charge in [-0.25, -0.2) is 8.42 Å². The largest absolute Gasteiger partial charge is 0.300 e. The molecule has 0 unspecified atom stereocenters. The molecular weight excluding hydrogens is 466 g/mol. The summed E-state index contributed by atoms with van der Waals surface area (Å²) in [6.45, 7) is 7.42. The molecule has 0 atom stereocenters. The van der Waals surface area contributed by atoms with E-state index in [4.69, 9.17) is 0 Å². The van der Waals surface area contributed by atoms with Crippen molar-refractivity contribution in [2.24, 2.45) is 0 Å². The SMILES string of the molecule is CCn1nc(C)cc1C1CCN(C2CCC(CS(=O)(=O)c3ccccc3)(c3ccccc3)CC2)CC1. The molecule has 2 aromatic carbocycles. The van der Waals surface area contributed by atoms with Crippen LogP contribution in [-0.2, 0) is 21.8 Å². The van der Waals surface area contributed by atoms with E-state index in [1.54, 1.807) is 12.1 Å². The topological polar surface area (TPSA) is 55.2 Å². The van der Waals surface area contributed by atoms with Gasteiger partial charge in [0.25, 0.3) is 0 Å². The summed E-state index contributed by atoms with van der Waals surface area (Å²) >= 11 is 0. The number of benzene rings is 2. The van der Waals surface area contributed by atoms with Crippen molar-refractivity contribution in [2.45, 2.75) is 81.2 Å². The van der Waals surface area contributed by atoms with Crippen LogP contribution < -0.4 is 0 Å². The fraction of sp³-hybridized carbons (Fsp3) is 0.500. The number of piperidine rings is 1. The predicted octanol–water partition coefficient (Wildman–Crippen LogP) is 5.75. The minimum Gasteiger partial charge on any atom is -0.300 e. The van der Waals surface area contributed by atoms with Crippen LogP contribution in [0, 0.1) is 6.92 Å². The van der Waals surface area contributed by atoms with Crippen LogP contribution in [0.5, 0.6) is 0 Å². The van der Waals surface area contributed by atoms with Gasteiger partial charge in [-0.1, -0.05) is 48.5 Å². The molecule has 2 heterocycles. The second-order valence-electron chi connectivity index (χ2n) is 10.8. The van der Waals surface area contributed by atoms with Crippen molar-refractivity contribution in [3.05, 3.63) is 83.7 Å². The third-order valence-electron chi connectivity index (χ3n) is 8.56. The first-order valence-electron chi connectivity index (χ1n) is 13.5. The number of nitrogens with zero attached hydrogens (tertiary/aromatic N) is 3. The van der Waals surface area contributed by atoms with Crippen LogP contribution in [0.4, 0.5) is 0 Å². The minimum absolute atomic E-state index is 0.184. The number of likely N-dealkylation sites (tertiary alicyclic amines) is 1. The van der Waals surface area contributed by atoms with Gasteiger partial charge in [0.05, 0.1) is 16.3 Å². The second kappa shape index (κ2) is 10.5. The highest BCUT2D eigenvalue weighted by molar-refractivity contribution is 7.91. The molecule has 0 spiro atoms. The van der Waals surface area contributed by atoms with Gasteiger partial charge in [0.2, 0.25) is 0 Å². The number of hydrogen-bond acceptors (Lipinski definition) is 4. The van der Waals surface area contributed by atoms with Crippen molar-refractivity contribution in [3.63, 3.8) is 0 Å². The summed E-state index contributed by atoms with van der Waals surface area (Å²) in [6.07, 6.45) is 6.28. The van der Waals surface area contributed by atoms with Crippen molar-refractivity contribution in [3.8, 4) is 0 Å². The van der Waals surface area contributed by atoms with E-state index in [1.165, 1.54) is 24.1 Å². The Morgan fingerprint density at radius 2 is 1.53 bits per heavy atom. The fourth-order valence-corrected chi connectivity index (χ4v) is 8.53. The molecule has 1 saturated heterocycles. The van der Waals surface area contributed by atoms with E-state index in [0.717, 1.165) is 51.0 Å². The standard InChI is InChI=1S/C30H39N3O2S/c1-3-33-29(22-24(2)31-33)25-16-20-32(21-17-25)27-14-18-30(19-15-27,26-10-6-4-7-11-26)23-36(34,35)28-12-8-5-9-13-28/h4-13,22,25,27H,3,14-21,23H2,1-2H3. The van der Waals surface area contributed by atoms with Gasteiger partial charge in [0.1, 0.15) is 0 Å². The Hall–Kier alpha value is -2.44. The Morgan fingerprint density at radius 1 is 0.917 bits per heavy atom. The van der Waals surface area contributed by atoms with E-state index in [2.05, 4.69) is 46.7 Å². The Kier molecular flexibility index (Phi) is 7.36. The lowest BCUT2D eigenvalue weighted by atomic mass is 9.69. The summed E-state index contributed by atoms with van der Waals surface area (Å²) in [5.74, 6) is 0.772. The van der Waals surface area contributed by atoms with Gasteiger partial charge in [-0.3, -0.25) is 4.68 Å². The molecule has 5 rings (SSSR count). The number of aromatic nitrogens is 2.